The molecular formula is C16H17BrN2O3S. The zero-order chi connectivity index (χ0) is 16.9. The monoisotopic (exact) mass is 396 g/mol. The Balaban J connectivity index is 2.14. The Labute approximate surface area is 144 Å². The molecule has 2 N–H and O–H groups in total. The second-order valence-corrected chi connectivity index (χ2v) is 7.49. The number of halogens is 1. The standard InChI is InChI=1S/C16H17BrN2O3S/c1-2-11-18-16(20)12-3-9-15(10-4-12)23(21,22)19-14-7-5-13(17)6-8-14/h3-10,19H,2,11H2,1H3,(H,18,20). The summed E-state index contributed by atoms with van der Waals surface area (Å²) < 4.78 is 28.0. The Bertz CT molecular complexity index is 772. The number of carbonyl (C=O) groups is 1. The number of amides is 1. The van der Waals surface area contributed by atoms with E-state index in [-0.39, 0.29) is 10.8 Å². The van der Waals surface area contributed by atoms with Crippen LogP contribution in [0.5, 0.6) is 0 Å². The van der Waals surface area contributed by atoms with Crippen molar-refractivity contribution in [2.75, 3.05) is 11.3 Å². The van der Waals surface area contributed by atoms with Gasteiger partial charge in [0.25, 0.3) is 15.9 Å². The lowest BCUT2D eigenvalue weighted by molar-refractivity contribution is 0.0953. The van der Waals surface area contributed by atoms with Crippen molar-refractivity contribution in [3.63, 3.8) is 0 Å². The molecule has 2 rings (SSSR count). The summed E-state index contributed by atoms with van der Waals surface area (Å²) in [6, 6.07) is 12.7. The fourth-order valence-electron chi connectivity index (χ4n) is 1.86. The van der Waals surface area contributed by atoms with Gasteiger partial charge in [-0.05, 0) is 55.0 Å². The Morgan fingerprint density at radius 3 is 2.22 bits per heavy atom. The van der Waals surface area contributed by atoms with E-state index in [9.17, 15) is 13.2 Å². The van der Waals surface area contributed by atoms with E-state index in [1.54, 1.807) is 24.3 Å². The number of hydrogen-bond donors (Lipinski definition) is 2. The fraction of sp³-hybridized carbons (Fsp3) is 0.188. The molecule has 0 fully saturated rings. The number of anilines is 1. The molecule has 2 aromatic carbocycles. The molecule has 0 aliphatic rings. The molecule has 0 aliphatic heterocycles. The van der Waals surface area contributed by atoms with Gasteiger partial charge in [-0.2, -0.15) is 0 Å². The van der Waals surface area contributed by atoms with E-state index >= 15 is 0 Å². The first-order valence-electron chi connectivity index (χ1n) is 7.09. The van der Waals surface area contributed by atoms with Crippen LogP contribution in [0, 0.1) is 0 Å². The lowest BCUT2D eigenvalue weighted by atomic mass is 10.2. The molecule has 0 bridgehead atoms. The molecular weight excluding hydrogens is 380 g/mol. The van der Waals surface area contributed by atoms with Crippen LogP contribution in [0.25, 0.3) is 0 Å². The Kier molecular flexibility index (Phi) is 5.79. The predicted molar refractivity (Wildman–Crippen MR) is 94.0 cm³/mol. The van der Waals surface area contributed by atoms with Crippen LogP contribution in [0.1, 0.15) is 23.7 Å². The molecule has 0 saturated carbocycles. The molecule has 2 aromatic rings. The summed E-state index contributed by atoms with van der Waals surface area (Å²) >= 11 is 3.29. The molecule has 0 unspecified atom stereocenters. The summed E-state index contributed by atoms with van der Waals surface area (Å²) in [7, 11) is -3.68. The highest BCUT2D eigenvalue weighted by molar-refractivity contribution is 9.10. The molecule has 0 saturated heterocycles. The molecule has 5 nitrogen and oxygen atoms in total. The van der Waals surface area contributed by atoms with E-state index in [4.69, 9.17) is 0 Å². The minimum absolute atomic E-state index is 0.104. The van der Waals surface area contributed by atoms with Crippen LogP contribution in [-0.2, 0) is 10.0 Å². The molecule has 1 amide bonds. The van der Waals surface area contributed by atoms with Gasteiger partial charge in [-0.15, -0.1) is 0 Å². The van der Waals surface area contributed by atoms with Crippen molar-refractivity contribution in [3.05, 3.63) is 58.6 Å². The topological polar surface area (TPSA) is 75.3 Å². The summed E-state index contributed by atoms with van der Waals surface area (Å²) in [6.07, 6.45) is 0.843. The first-order valence-corrected chi connectivity index (χ1v) is 9.36. The zero-order valence-electron chi connectivity index (χ0n) is 12.5. The first kappa shape index (κ1) is 17.5. The van der Waals surface area contributed by atoms with Gasteiger partial charge in [-0.25, -0.2) is 8.42 Å². The van der Waals surface area contributed by atoms with Gasteiger partial charge in [0.1, 0.15) is 0 Å². The normalized spacial score (nSPS) is 11.0. The lowest BCUT2D eigenvalue weighted by Crippen LogP contribution is -2.24. The van der Waals surface area contributed by atoms with Crippen LogP contribution in [0.15, 0.2) is 57.9 Å². The zero-order valence-corrected chi connectivity index (χ0v) is 14.9. The number of sulfonamides is 1. The Morgan fingerprint density at radius 2 is 1.65 bits per heavy atom. The van der Waals surface area contributed by atoms with E-state index in [1.165, 1.54) is 24.3 Å². The molecule has 0 spiro atoms. The van der Waals surface area contributed by atoms with Gasteiger partial charge in [0.05, 0.1) is 4.90 Å². The van der Waals surface area contributed by atoms with E-state index in [0.717, 1.165) is 10.9 Å². The average molecular weight is 397 g/mol. The van der Waals surface area contributed by atoms with Crippen LogP contribution in [0.3, 0.4) is 0 Å². The molecule has 0 radical (unpaired) electrons. The number of rotatable bonds is 6. The van der Waals surface area contributed by atoms with Crippen molar-refractivity contribution >= 4 is 37.5 Å². The smallest absolute Gasteiger partial charge is 0.261 e. The van der Waals surface area contributed by atoms with Crippen molar-refractivity contribution < 1.29 is 13.2 Å². The fourth-order valence-corrected chi connectivity index (χ4v) is 3.18. The van der Waals surface area contributed by atoms with Gasteiger partial charge in [-0.3, -0.25) is 9.52 Å². The van der Waals surface area contributed by atoms with Gasteiger partial charge in [0.2, 0.25) is 0 Å². The van der Waals surface area contributed by atoms with Crippen molar-refractivity contribution in [1.82, 2.24) is 5.32 Å². The molecule has 0 aromatic heterocycles. The number of nitrogens with one attached hydrogen (secondary N) is 2. The quantitative estimate of drug-likeness (QED) is 0.785. The van der Waals surface area contributed by atoms with Gasteiger partial charge in [0.15, 0.2) is 0 Å². The van der Waals surface area contributed by atoms with Crippen LogP contribution >= 0.6 is 15.9 Å². The van der Waals surface area contributed by atoms with E-state index in [2.05, 4.69) is 26.0 Å². The van der Waals surface area contributed by atoms with Crippen LogP contribution < -0.4 is 10.0 Å². The molecule has 7 heteroatoms. The van der Waals surface area contributed by atoms with Crippen molar-refractivity contribution in [1.29, 1.82) is 0 Å². The second-order valence-electron chi connectivity index (χ2n) is 4.89. The van der Waals surface area contributed by atoms with Crippen LogP contribution in [-0.4, -0.2) is 20.9 Å². The van der Waals surface area contributed by atoms with Gasteiger partial charge in [-0.1, -0.05) is 22.9 Å². The average Bonchev–Trinajstić information content (AvgIpc) is 2.54. The van der Waals surface area contributed by atoms with Crippen molar-refractivity contribution in [3.8, 4) is 0 Å². The van der Waals surface area contributed by atoms with Gasteiger partial charge in [0, 0.05) is 22.3 Å². The van der Waals surface area contributed by atoms with E-state index in [1.807, 2.05) is 6.92 Å². The van der Waals surface area contributed by atoms with Gasteiger partial charge >= 0.3 is 0 Å². The molecule has 0 aliphatic carbocycles. The largest absolute Gasteiger partial charge is 0.352 e. The highest BCUT2D eigenvalue weighted by atomic mass is 79.9. The predicted octanol–water partition coefficient (Wildman–Crippen LogP) is 3.39. The summed E-state index contributed by atoms with van der Waals surface area (Å²) in [6.45, 7) is 2.55. The maximum Gasteiger partial charge on any atom is 0.261 e. The molecule has 0 heterocycles. The second kappa shape index (κ2) is 7.61. The van der Waals surface area contributed by atoms with Crippen molar-refractivity contribution in [2.24, 2.45) is 0 Å². The summed E-state index contributed by atoms with van der Waals surface area (Å²) in [4.78, 5) is 11.9. The SMILES string of the molecule is CCCNC(=O)c1ccc(S(=O)(=O)Nc2ccc(Br)cc2)cc1. The Hall–Kier alpha value is -1.86. The Morgan fingerprint density at radius 1 is 1.04 bits per heavy atom. The van der Waals surface area contributed by atoms with Gasteiger partial charge < -0.3 is 5.32 Å². The third-order valence-electron chi connectivity index (χ3n) is 3.06. The first-order chi connectivity index (χ1) is 10.9. The highest BCUT2D eigenvalue weighted by Crippen LogP contribution is 2.19. The lowest BCUT2D eigenvalue weighted by Gasteiger charge is -2.09. The maximum absolute atomic E-state index is 12.3. The van der Waals surface area contributed by atoms with Crippen molar-refractivity contribution in [2.45, 2.75) is 18.2 Å². The third-order valence-corrected chi connectivity index (χ3v) is 4.98. The summed E-state index contributed by atoms with van der Waals surface area (Å²) in [5, 5.41) is 2.74. The summed E-state index contributed by atoms with van der Waals surface area (Å²) in [5.41, 5.74) is 0.902. The highest BCUT2D eigenvalue weighted by Gasteiger charge is 2.15. The number of benzene rings is 2. The van der Waals surface area contributed by atoms with E-state index in [0.29, 0.717) is 17.8 Å². The third kappa shape index (κ3) is 4.80. The minimum Gasteiger partial charge on any atom is -0.352 e. The summed E-state index contributed by atoms with van der Waals surface area (Å²) in [5.74, 6) is -0.211. The number of hydrogen-bond acceptors (Lipinski definition) is 3. The molecule has 23 heavy (non-hydrogen) atoms. The van der Waals surface area contributed by atoms with Crippen LogP contribution in [0.2, 0.25) is 0 Å². The minimum atomic E-state index is -3.68. The maximum atomic E-state index is 12.3. The molecule has 0 atom stereocenters. The molecule has 122 valence electrons. The van der Waals surface area contributed by atoms with E-state index < -0.39 is 10.0 Å². The number of carbonyl (C=O) groups excluding carboxylic acids is 1. The van der Waals surface area contributed by atoms with Crippen LogP contribution in [0.4, 0.5) is 5.69 Å².